The highest BCUT2D eigenvalue weighted by Crippen LogP contribution is 2.41. The van der Waals surface area contributed by atoms with Gasteiger partial charge in [-0.2, -0.15) is 0 Å². The van der Waals surface area contributed by atoms with E-state index in [9.17, 15) is 5.11 Å². The number of unbranched alkanes of at least 4 members (excludes halogenated alkanes) is 7. The Morgan fingerprint density at radius 3 is 1.95 bits per heavy atom. The molecule has 2 aliphatic rings. The molecule has 2 fully saturated rings. The summed E-state index contributed by atoms with van der Waals surface area (Å²) in [5, 5.41) is 10.8. The highest BCUT2D eigenvalue weighted by Gasteiger charge is 2.45. The zero-order valence-electron chi connectivity index (χ0n) is 13.7. The average Bonchev–Trinajstić information content (AvgIpc) is 2.64. The lowest BCUT2D eigenvalue weighted by Crippen LogP contribution is -2.49. The van der Waals surface area contributed by atoms with Gasteiger partial charge in [0.25, 0.3) is 0 Å². The lowest BCUT2D eigenvalue weighted by Gasteiger charge is -2.42. The first kappa shape index (κ1) is 16.3. The topological polar surface area (TPSA) is 23.5 Å². The second-order valence-electron chi connectivity index (χ2n) is 7.41. The molecule has 0 radical (unpaired) electrons. The minimum Gasteiger partial charge on any atom is -0.390 e. The molecule has 0 aliphatic carbocycles. The number of rotatable bonds is 9. The van der Waals surface area contributed by atoms with Gasteiger partial charge in [0.1, 0.15) is 0 Å². The Kier molecular flexibility index (Phi) is 6.35. The molecule has 1 N–H and O–H groups in total. The van der Waals surface area contributed by atoms with Crippen molar-refractivity contribution >= 4 is 0 Å². The van der Waals surface area contributed by atoms with E-state index in [1.165, 1.54) is 64.2 Å². The fourth-order valence-corrected chi connectivity index (χ4v) is 4.33. The minimum absolute atomic E-state index is 0.333. The third-order valence-corrected chi connectivity index (χ3v) is 5.71. The minimum atomic E-state index is -0.333. The molecule has 20 heavy (non-hydrogen) atoms. The quantitative estimate of drug-likeness (QED) is 0.629. The van der Waals surface area contributed by atoms with Gasteiger partial charge in [-0.3, -0.25) is 0 Å². The number of hydrogen-bond donors (Lipinski definition) is 1. The van der Waals surface area contributed by atoms with Crippen molar-refractivity contribution in [1.29, 1.82) is 0 Å². The number of aliphatic hydroxyl groups is 1. The predicted molar refractivity (Wildman–Crippen MR) is 86.0 cm³/mol. The molecule has 118 valence electrons. The molecular formula is C18H35NO. The molecule has 2 aliphatic heterocycles. The predicted octanol–water partition coefficient (Wildman–Crippen LogP) is 4.50. The van der Waals surface area contributed by atoms with Crippen LogP contribution >= 0.6 is 0 Å². The van der Waals surface area contributed by atoms with E-state index in [4.69, 9.17) is 0 Å². The summed E-state index contributed by atoms with van der Waals surface area (Å²) in [6.07, 6.45) is 16.6. The van der Waals surface area contributed by atoms with Crippen LogP contribution < -0.4 is 0 Å². The summed E-state index contributed by atoms with van der Waals surface area (Å²) in [7, 11) is 2.25. The van der Waals surface area contributed by atoms with Gasteiger partial charge in [-0.1, -0.05) is 58.3 Å². The average molecular weight is 281 g/mol. The Hall–Kier alpha value is -0.0800. The van der Waals surface area contributed by atoms with Gasteiger partial charge in [0, 0.05) is 12.1 Å². The van der Waals surface area contributed by atoms with Crippen LogP contribution in [0.5, 0.6) is 0 Å². The number of piperidine rings is 1. The highest BCUT2D eigenvalue weighted by atomic mass is 16.3. The fraction of sp³-hybridized carbons (Fsp3) is 1.00. The van der Waals surface area contributed by atoms with Crippen molar-refractivity contribution in [1.82, 2.24) is 4.90 Å². The Balaban J connectivity index is 1.55. The lowest BCUT2D eigenvalue weighted by molar-refractivity contribution is -0.0514. The molecule has 2 atom stereocenters. The van der Waals surface area contributed by atoms with E-state index in [0.29, 0.717) is 12.1 Å². The zero-order valence-corrected chi connectivity index (χ0v) is 13.7. The summed E-state index contributed by atoms with van der Waals surface area (Å²) in [5.74, 6) is 0. The fourth-order valence-electron chi connectivity index (χ4n) is 4.33. The molecule has 0 saturated carbocycles. The van der Waals surface area contributed by atoms with Crippen LogP contribution in [0.4, 0.5) is 0 Å². The molecule has 2 bridgehead atoms. The Morgan fingerprint density at radius 2 is 1.40 bits per heavy atom. The standard InChI is InChI=1S/C18H35NO/c1-3-4-5-6-7-8-9-10-13-18(20)14-16-11-12-17(15-18)19(16)2/h16-17,20H,3-15H2,1-2H3. The molecule has 2 heteroatoms. The zero-order chi connectivity index (χ0) is 14.4. The molecule has 2 rings (SSSR count). The van der Waals surface area contributed by atoms with Gasteiger partial charge in [0.2, 0.25) is 0 Å². The van der Waals surface area contributed by atoms with Crippen LogP contribution in [0.1, 0.15) is 90.4 Å². The molecule has 2 saturated heterocycles. The van der Waals surface area contributed by atoms with Gasteiger partial charge in [0.15, 0.2) is 0 Å². The molecular weight excluding hydrogens is 246 g/mol. The van der Waals surface area contributed by atoms with Crippen LogP contribution in [0.2, 0.25) is 0 Å². The van der Waals surface area contributed by atoms with Crippen LogP contribution in [0.25, 0.3) is 0 Å². The van der Waals surface area contributed by atoms with Crippen molar-refractivity contribution in [2.75, 3.05) is 7.05 Å². The van der Waals surface area contributed by atoms with Gasteiger partial charge >= 0.3 is 0 Å². The molecule has 0 aromatic carbocycles. The highest BCUT2D eigenvalue weighted by molar-refractivity contribution is 5.00. The van der Waals surface area contributed by atoms with Gasteiger partial charge in [-0.25, -0.2) is 0 Å². The SMILES string of the molecule is CCCCCCCCCCC1(O)CC2CCC(C1)N2C. The van der Waals surface area contributed by atoms with Crippen LogP contribution in [-0.2, 0) is 0 Å². The Labute approximate surface area is 125 Å². The van der Waals surface area contributed by atoms with Gasteiger partial charge in [-0.05, 0) is 39.2 Å². The first-order valence-electron chi connectivity index (χ1n) is 9.09. The van der Waals surface area contributed by atoms with Crippen LogP contribution in [0.3, 0.4) is 0 Å². The van der Waals surface area contributed by atoms with Gasteiger partial charge in [-0.15, -0.1) is 0 Å². The van der Waals surface area contributed by atoms with E-state index in [1.807, 2.05) is 0 Å². The van der Waals surface area contributed by atoms with Crippen LogP contribution in [-0.4, -0.2) is 34.7 Å². The summed E-state index contributed by atoms with van der Waals surface area (Å²) in [5.41, 5.74) is -0.333. The summed E-state index contributed by atoms with van der Waals surface area (Å²) < 4.78 is 0. The smallest absolute Gasteiger partial charge is 0.0677 e. The van der Waals surface area contributed by atoms with Crippen LogP contribution in [0.15, 0.2) is 0 Å². The van der Waals surface area contributed by atoms with Gasteiger partial charge < -0.3 is 10.0 Å². The first-order chi connectivity index (χ1) is 9.64. The molecule has 0 amide bonds. The second-order valence-corrected chi connectivity index (χ2v) is 7.41. The van der Waals surface area contributed by atoms with Crippen molar-refractivity contribution in [2.24, 2.45) is 0 Å². The van der Waals surface area contributed by atoms with Crippen molar-refractivity contribution < 1.29 is 5.11 Å². The first-order valence-corrected chi connectivity index (χ1v) is 9.09. The summed E-state index contributed by atoms with van der Waals surface area (Å²) in [6.45, 7) is 2.27. The summed E-state index contributed by atoms with van der Waals surface area (Å²) >= 11 is 0. The third kappa shape index (κ3) is 4.46. The molecule has 2 nitrogen and oxygen atoms in total. The molecule has 2 heterocycles. The molecule has 2 unspecified atom stereocenters. The molecule has 0 aromatic heterocycles. The normalized spacial score (nSPS) is 33.8. The summed E-state index contributed by atoms with van der Waals surface area (Å²) in [4.78, 5) is 2.52. The second kappa shape index (κ2) is 7.79. The number of nitrogens with zero attached hydrogens (tertiary/aromatic N) is 1. The van der Waals surface area contributed by atoms with E-state index in [-0.39, 0.29) is 5.60 Å². The largest absolute Gasteiger partial charge is 0.390 e. The van der Waals surface area contributed by atoms with E-state index in [1.54, 1.807) is 0 Å². The molecule has 0 aromatic rings. The maximum Gasteiger partial charge on any atom is 0.0677 e. The van der Waals surface area contributed by atoms with Crippen LogP contribution in [0, 0.1) is 0 Å². The third-order valence-electron chi connectivity index (χ3n) is 5.71. The van der Waals surface area contributed by atoms with Crippen molar-refractivity contribution in [3.8, 4) is 0 Å². The van der Waals surface area contributed by atoms with Crippen molar-refractivity contribution in [2.45, 2.75) is 108 Å². The Morgan fingerprint density at radius 1 is 0.900 bits per heavy atom. The van der Waals surface area contributed by atoms with Crippen molar-refractivity contribution in [3.05, 3.63) is 0 Å². The van der Waals surface area contributed by atoms with Gasteiger partial charge in [0.05, 0.1) is 5.60 Å². The number of fused-ring (bicyclic) bond motifs is 2. The van der Waals surface area contributed by atoms with E-state index in [0.717, 1.165) is 19.3 Å². The summed E-state index contributed by atoms with van der Waals surface area (Å²) in [6, 6.07) is 1.32. The van der Waals surface area contributed by atoms with E-state index >= 15 is 0 Å². The lowest BCUT2D eigenvalue weighted by atomic mass is 9.82. The van der Waals surface area contributed by atoms with E-state index < -0.39 is 0 Å². The maximum atomic E-state index is 10.8. The number of hydrogen-bond acceptors (Lipinski definition) is 2. The molecule has 0 spiro atoms. The van der Waals surface area contributed by atoms with E-state index in [2.05, 4.69) is 18.9 Å². The maximum absolute atomic E-state index is 10.8. The Bertz CT molecular complexity index is 265. The monoisotopic (exact) mass is 281 g/mol. The van der Waals surface area contributed by atoms with Crippen molar-refractivity contribution in [3.63, 3.8) is 0 Å².